The van der Waals surface area contributed by atoms with E-state index in [-0.39, 0.29) is 11.9 Å². The summed E-state index contributed by atoms with van der Waals surface area (Å²) >= 11 is 0. The van der Waals surface area contributed by atoms with E-state index in [4.69, 9.17) is 5.26 Å². The van der Waals surface area contributed by atoms with Gasteiger partial charge in [-0.2, -0.15) is 5.26 Å². The third kappa shape index (κ3) is 3.64. The van der Waals surface area contributed by atoms with Gasteiger partial charge in [0.25, 0.3) is 5.91 Å². The number of nitrogens with zero attached hydrogens (tertiary/aromatic N) is 4. The molecular weight excluding hydrogens is 290 g/mol. The van der Waals surface area contributed by atoms with Crippen LogP contribution in [0.3, 0.4) is 0 Å². The maximum atomic E-state index is 12.2. The first-order valence-corrected chi connectivity index (χ1v) is 7.58. The summed E-state index contributed by atoms with van der Waals surface area (Å²) in [4.78, 5) is 22.3. The van der Waals surface area contributed by atoms with Crippen LogP contribution >= 0.6 is 0 Å². The number of piperidine rings is 1. The zero-order chi connectivity index (χ0) is 16.1. The molecule has 1 fully saturated rings. The van der Waals surface area contributed by atoms with Crippen molar-refractivity contribution in [3.8, 4) is 6.07 Å². The van der Waals surface area contributed by atoms with Crippen molar-refractivity contribution in [2.75, 3.05) is 18.0 Å². The van der Waals surface area contributed by atoms with Crippen LogP contribution in [0.4, 0.5) is 5.69 Å². The van der Waals surface area contributed by atoms with E-state index >= 15 is 0 Å². The van der Waals surface area contributed by atoms with Crippen molar-refractivity contribution in [3.05, 3.63) is 54.1 Å². The normalized spacial score (nSPS) is 17.3. The highest BCUT2D eigenvalue weighted by atomic mass is 16.1. The first kappa shape index (κ1) is 15.0. The van der Waals surface area contributed by atoms with Crippen molar-refractivity contribution < 1.29 is 4.79 Å². The molecule has 0 bridgehead atoms. The molecule has 1 atom stereocenters. The van der Waals surface area contributed by atoms with Crippen LogP contribution in [0.2, 0.25) is 0 Å². The molecule has 1 aromatic heterocycles. The molecule has 0 spiro atoms. The van der Waals surface area contributed by atoms with Crippen molar-refractivity contribution in [1.82, 2.24) is 15.3 Å². The van der Waals surface area contributed by atoms with E-state index in [1.54, 1.807) is 6.20 Å². The van der Waals surface area contributed by atoms with Gasteiger partial charge in [0.05, 0.1) is 17.8 Å². The molecule has 0 radical (unpaired) electrons. The average molecular weight is 307 g/mol. The van der Waals surface area contributed by atoms with Gasteiger partial charge in [-0.3, -0.25) is 9.78 Å². The van der Waals surface area contributed by atoms with Gasteiger partial charge in [-0.1, -0.05) is 0 Å². The van der Waals surface area contributed by atoms with E-state index in [1.165, 1.54) is 12.4 Å². The van der Waals surface area contributed by atoms with Crippen molar-refractivity contribution in [3.63, 3.8) is 0 Å². The minimum absolute atomic E-state index is 0.0777. The number of hydrogen-bond donors (Lipinski definition) is 1. The minimum Gasteiger partial charge on any atom is -0.369 e. The van der Waals surface area contributed by atoms with Crippen LogP contribution in [-0.2, 0) is 0 Å². The molecule has 2 heterocycles. The number of benzene rings is 1. The molecule has 1 amide bonds. The SMILES string of the molecule is N#Cc1ccc(N2CCCC(NC(=O)c3cnccn3)C2)cc1. The number of amides is 1. The second kappa shape index (κ2) is 6.88. The monoisotopic (exact) mass is 307 g/mol. The Morgan fingerprint density at radius 1 is 1.30 bits per heavy atom. The molecule has 2 aromatic rings. The Labute approximate surface area is 134 Å². The van der Waals surface area contributed by atoms with E-state index in [1.807, 2.05) is 24.3 Å². The van der Waals surface area contributed by atoms with Crippen molar-refractivity contribution in [1.29, 1.82) is 5.26 Å². The summed E-state index contributed by atoms with van der Waals surface area (Å²) in [6, 6.07) is 9.73. The smallest absolute Gasteiger partial charge is 0.271 e. The maximum Gasteiger partial charge on any atom is 0.271 e. The Balaban J connectivity index is 1.64. The number of carbonyl (C=O) groups excluding carboxylic acids is 1. The van der Waals surface area contributed by atoms with Crippen molar-refractivity contribution >= 4 is 11.6 Å². The zero-order valence-electron chi connectivity index (χ0n) is 12.6. The number of hydrogen-bond acceptors (Lipinski definition) is 5. The van der Waals surface area contributed by atoms with Gasteiger partial charge in [0.15, 0.2) is 0 Å². The van der Waals surface area contributed by atoms with Crippen LogP contribution in [0.25, 0.3) is 0 Å². The first-order chi connectivity index (χ1) is 11.3. The molecule has 1 N–H and O–H groups in total. The van der Waals surface area contributed by atoms with E-state index in [0.717, 1.165) is 31.6 Å². The quantitative estimate of drug-likeness (QED) is 0.934. The number of nitriles is 1. The summed E-state index contributed by atoms with van der Waals surface area (Å²) in [6.07, 6.45) is 6.48. The number of anilines is 1. The lowest BCUT2D eigenvalue weighted by molar-refractivity contribution is 0.0927. The van der Waals surface area contributed by atoms with Gasteiger partial charge < -0.3 is 10.2 Å². The molecule has 0 aliphatic carbocycles. The predicted molar refractivity (Wildman–Crippen MR) is 85.9 cm³/mol. The maximum absolute atomic E-state index is 12.2. The van der Waals surface area contributed by atoms with E-state index < -0.39 is 0 Å². The molecule has 1 aromatic carbocycles. The number of aromatic nitrogens is 2. The fourth-order valence-corrected chi connectivity index (χ4v) is 2.75. The van der Waals surface area contributed by atoms with Gasteiger partial charge in [-0.25, -0.2) is 4.98 Å². The summed E-state index contributed by atoms with van der Waals surface area (Å²) < 4.78 is 0. The predicted octanol–water partition coefficient (Wildman–Crippen LogP) is 1.75. The van der Waals surface area contributed by atoms with Gasteiger partial charge in [-0.05, 0) is 37.1 Å². The third-order valence-electron chi connectivity index (χ3n) is 3.91. The van der Waals surface area contributed by atoms with Gasteiger partial charge in [0, 0.05) is 37.2 Å². The van der Waals surface area contributed by atoms with Crippen molar-refractivity contribution in [2.24, 2.45) is 0 Å². The van der Waals surface area contributed by atoms with E-state index in [9.17, 15) is 4.79 Å². The van der Waals surface area contributed by atoms with Gasteiger partial charge in [-0.15, -0.1) is 0 Å². The third-order valence-corrected chi connectivity index (χ3v) is 3.91. The van der Waals surface area contributed by atoms with Crippen LogP contribution in [0.1, 0.15) is 28.9 Å². The molecule has 6 nitrogen and oxygen atoms in total. The highest BCUT2D eigenvalue weighted by Crippen LogP contribution is 2.20. The topological polar surface area (TPSA) is 81.9 Å². The number of carbonyl (C=O) groups is 1. The molecule has 116 valence electrons. The van der Waals surface area contributed by atoms with E-state index in [2.05, 4.69) is 26.3 Å². The second-order valence-corrected chi connectivity index (χ2v) is 5.51. The molecule has 1 unspecified atom stereocenters. The highest BCUT2D eigenvalue weighted by Gasteiger charge is 2.22. The van der Waals surface area contributed by atoms with Crippen LogP contribution in [-0.4, -0.2) is 35.0 Å². The van der Waals surface area contributed by atoms with Gasteiger partial charge >= 0.3 is 0 Å². The largest absolute Gasteiger partial charge is 0.369 e. The Hall–Kier alpha value is -2.94. The van der Waals surface area contributed by atoms with Gasteiger partial charge in [0.2, 0.25) is 0 Å². The van der Waals surface area contributed by atoms with Gasteiger partial charge in [0.1, 0.15) is 5.69 Å². The first-order valence-electron chi connectivity index (χ1n) is 7.58. The summed E-state index contributed by atoms with van der Waals surface area (Å²) in [7, 11) is 0. The molecule has 1 aliphatic heterocycles. The van der Waals surface area contributed by atoms with Crippen LogP contribution in [0.5, 0.6) is 0 Å². The number of rotatable bonds is 3. The molecule has 0 saturated carbocycles. The second-order valence-electron chi connectivity index (χ2n) is 5.51. The highest BCUT2D eigenvalue weighted by molar-refractivity contribution is 5.92. The number of nitrogens with one attached hydrogen (secondary N) is 1. The summed E-state index contributed by atoms with van der Waals surface area (Å²) in [5, 5.41) is 11.9. The van der Waals surface area contributed by atoms with Crippen LogP contribution < -0.4 is 10.2 Å². The summed E-state index contributed by atoms with van der Waals surface area (Å²) in [5.41, 5.74) is 2.06. The lowest BCUT2D eigenvalue weighted by Crippen LogP contribution is -2.48. The fraction of sp³-hybridized carbons (Fsp3) is 0.294. The van der Waals surface area contributed by atoms with Crippen LogP contribution in [0, 0.1) is 11.3 Å². The fourth-order valence-electron chi connectivity index (χ4n) is 2.75. The minimum atomic E-state index is -0.190. The molecule has 6 heteroatoms. The molecule has 1 aliphatic rings. The lowest BCUT2D eigenvalue weighted by atomic mass is 10.0. The lowest BCUT2D eigenvalue weighted by Gasteiger charge is -2.34. The molecule has 1 saturated heterocycles. The zero-order valence-corrected chi connectivity index (χ0v) is 12.6. The Morgan fingerprint density at radius 3 is 2.83 bits per heavy atom. The van der Waals surface area contributed by atoms with Crippen LogP contribution in [0.15, 0.2) is 42.9 Å². The summed E-state index contributed by atoms with van der Waals surface area (Å²) in [6.45, 7) is 1.70. The average Bonchev–Trinajstić information content (AvgIpc) is 2.63. The summed E-state index contributed by atoms with van der Waals surface area (Å²) in [5.74, 6) is -0.190. The molecular formula is C17H17N5O. The Bertz CT molecular complexity index is 708. The standard InChI is InChI=1S/C17H17N5O/c18-10-13-3-5-15(6-4-13)22-9-1-2-14(12-22)21-17(23)16-11-19-7-8-20-16/h3-8,11,14H,1-2,9,12H2,(H,21,23). The Morgan fingerprint density at radius 2 is 2.13 bits per heavy atom. The van der Waals surface area contributed by atoms with E-state index in [0.29, 0.717) is 11.3 Å². The Kier molecular flexibility index (Phi) is 4.48. The van der Waals surface area contributed by atoms with Crippen molar-refractivity contribution in [2.45, 2.75) is 18.9 Å². The molecule has 23 heavy (non-hydrogen) atoms. The molecule has 3 rings (SSSR count).